The van der Waals surface area contributed by atoms with Crippen LogP contribution < -0.4 is 14.7 Å². The Morgan fingerprint density at radius 3 is 0.600 bits per heavy atom. The molecule has 40 heavy (non-hydrogen) atoms. The number of nitrogens with zero attached hydrogens (tertiary/aromatic N) is 3. The molecule has 0 spiro atoms. The lowest BCUT2D eigenvalue weighted by atomic mass is 10.0. The fourth-order valence-corrected chi connectivity index (χ4v) is 5.63. The molecule has 0 saturated carbocycles. The van der Waals surface area contributed by atoms with Gasteiger partial charge in [-0.25, -0.2) is 0 Å². The third-order valence-electron chi connectivity index (χ3n) is 6.25. The quantitative estimate of drug-likeness (QED) is 0.348. The second-order valence-corrected chi connectivity index (χ2v) is 11.3. The molecule has 0 unspecified atom stereocenters. The van der Waals surface area contributed by atoms with Crippen LogP contribution in [0, 0.1) is 62.3 Å². The van der Waals surface area contributed by atoms with Gasteiger partial charge >= 0.3 is 7.32 Å². The van der Waals surface area contributed by atoms with E-state index < -0.39 is 7.32 Å². The lowest BCUT2D eigenvalue weighted by Crippen LogP contribution is -2.12. The molecule has 3 aromatic rings. The maximum atomic E-state index is 7.17. The fourth-order valence-electron chi connectivity index (χ4n) is 5.63. The Hall–Kier alpha value is -3.00. The SMILES string of the molecule is Cc1cc(C)c(N(C)C)c(C)c1.Cc1cc(C)c(N(C)C)c(C)c1.Cc1cc(C)c(N(C)C)c(C)c1.OB(O)O. The average molecular weight is 552 g/mol. The van der Waals surface area contributed by atoms with Crippen molar-refractivity contribution in [1.29, 1.82) is 0 Å². The summed E-state index contributed by atoms with van der Waals surface area (Å²) in [5.41, 5.74) is 16.2. The highest BCUT2D eigenvalue weighted by Gasteiger charge is 2.06. The molecular formula is C33H54BN3O3. The highest BCUT2D eigenvalue weighted by atomic mass is 16.5. The maximum absolute atomic E-state index is 7.17. The van der Waals surface area contributed by atoms with Crippen molar-refractivity contribution < 1.29 is 15.1 Å². The van der Waals surface area contributed by atoms with Crippen molar-refractivity contribution in [2.24, 2.45) is 0 Å². The van der Waals surface area contributed by atoms with Gasteiger partial charge < -0.3 is 29.8 Å². The van der Waals surface area contributed by atoms with E-state index in [4.69, 9.17) is 15.1 Å². The van der Waals surface area contributed by atoms with Crippen LogP contribution in [0.25, 0.3) is 0 Å². The molecule has 0 saturated heterocycles. The molecule has 7 heteroatoms. The number of benzene rings is 3. The standard InChI is InChI=1S/3C11H17N.BH3O3/c3*1-8-6-9(2)11(12(4)5)10(3)7-8;2-1(3)4/h3*6-7H,1-5H3;2-4H. The van der Waals surface area contributed by atoms with Crippen LogP contribution in [-0.4, -0.2) is 64.7 Å². The minimum Gasteiger partial charge on any atom is -0.402 e. The molecule has 3 N–H and O–H groups in total. The van der Waals surface area contributed by atoms with Gasteiger partial charge in [0.05, 0.1) is 0 Å². The van der Waals surface area contributed by atoms with Crippen molar-refractivity contribution in [2.45, 2.75) is 62.3 Å². The van der Waals surface area contributed by atoms with Gasteiger partial charge in [0.15, 0.2) is 0 Å². The van der Waals surface area contributed by atoms with Gasteiger partial charge in [-0.1, -0.05) is 53.1 Å². The van der Waals surface area contributed by atoms with Crippen LogP contribution in [0.4, 0.5) is 17.1 Å². The van der Waals surface area contributed by atoms with Crippen LogP contribution in [0.15, 0.2) is 36.4 Å². The largest absolute Gasteiger partial charge is 0.631 e. The van der Waals surface area contributed by atoms with E-state index in [-0.39, 0.29) is 0 Å². The summed E-state index contributed by atoms with van der Waals surface area (Å²) in [5.74, 6) is 0. The van der Waals surface area contributed by atoms with E-state index in [0.29, 0.717) is 0 Å². The van der Waals surface area contributed by atoms with Gasteiger partial charge in [0, 0.05) is 59.3 Å². The first-order valence-electron chi connectivity index (χ1n) is 13.6. The van der Waals surface area contributed by atoms with Crippen LogP contribution in [0.3, 0.4) is 0 Å². The molecule has 0 heterocycles. The molecule has 3 aromatic carbocycles. The normalized spacial score (nSPS) is 9.75. The summed E-state index contributed by atoms with van der Waals surface area (Å²) >= 11 is 0. The Morgan fingerprint density at radius 2 is 0.500 bits per heavy atom. The van der Waals surface area contributed by atoms with Crippen molar-refractivity contribution in [2.75, 3.05) is 57.0 Å². The van der Waals surface area contributed by atoms with Gasteiger partial charge in [0.25, 0.3) is 0 Å². The number of anilines is 3. The Bertz CT molecular complexity index is 1000. The zero-order valence-electron chi connectivity index (χ0n) is 27.7. The van der Waals surface area contributed by atoms with Crippen LogP contribution in [-0.2, 0) is 0 Å². The molecule has 6 nitrogen and oxygen atoms in total. The van der Waals surface area contributed by atoms with Gasteiger partial charge in [-0.2, -0.15) is 0 Å². The van der Waals surface area contributed by atoms with Crippen LogP contribution in [0.1, 0.15) is 50.1 Å². The highest BCUT2D eigenvalue weighted by Crippen LogP contribution is 2.25. The third-order valence-corrected chi connectivity index (χ3v) is 6.25. The summed E-state index contributed by atoms with van der Waals surface area (Å²) in [6.07, 6.45) is 0. The summed E-state index contributed by atoms with van der Waals surface area (Å²) in [7, 11) is 10.4. The molecule has 0 radical (unpaired) electrons. The molecule has 0 fully saturated rings. The van der Waals surface area contributed by atoms with Crippen molar-refractivity contribution >= 4 is 24.4 Å². The second-order valence-electron chi connectivity index (χ2n) is 11.3. The molecule has 0 aliphatic rings. The van der Waals surface area contributed by atoms with Crippen LogP contribution in [0.5, 0.6) is 0 Å². The summed E-state index contributed by atoms with van der Waals surface area (Å²) in [6.45, 7) is 19.4. The molecule has 3 rings (SSSR count). The van der Waals surface area contributed by atoms with Gasteiger partial charge in [-0.15, -0.1) is 0 Å². The maximum Gasteiger partial charge on any atom is 0.631 e. The van der Waals surface area contributed by atoms with E-state index in [1.54, 1.807) is 0 Å². The molecule has 222 valence electrons. The number of hydrogen-bond acceptors (Lipinski definition) is 6. The van der Waals surface area contributed by atoms with Crippen molar-refractivity contribution in [3.8, 4) is 0 Å². The van der Waals surface area contributed by atoms with E-state index in [1.165, 1.54) is 67.1 Å². The fraction of sp³-hybridized carbons (Fsp3) is 0.455. The van der Waals surface area contributed by atoms with E-state index in [2.05, 4.69) is 156 Å². The highest BCUT2D eigenvalue weighted by molar-refractivity contribution is 6.30. The van der Waals surface area contributed by atoms with E-state index >= 15 is 0 Å². The molecule has 0 aliphatic heterocycles. The smallest absolute Gasteiger partial charge is 0.402 e. The summed E-state index contributed by atoms with van der Waals surface area (Å²) in [4.78, 5) is 6.51. The number of hydrogen-bond donors (Lipinski definition) is 3. The Labute approximate surface area is 245 Å². The molecule has 0 aliphatic carbocycles. The molecular weight excluding hydrogens is 497 g/mol. The Morgan fingerprint density at radius 1 is 0.375 bits per heavy atom. The second kappa shape index (κ2) is 17.0. The topological polar surface area (TPSA) is 70.4 Å². The van der Waals surface area contributed by atoms with Crippen LogP contribution in [0.2, 0.25) is 0 Å². The van der Waals surface area contributed by atoms with E-state index in [1.807, 2.05) is 0 Å². The number of rotatable bonds is 3. The molecule has 0 atom stereocenters. The minimum absolute atomic E-state index is 1.34. The lowest BCUT2D eigenvalue weighted by molar-refractivity contribution is 0.278. The third kappa shape index (κ3) is 12.5. The zero-order chi connectivity index (χ0) is 31.5. The van der Waals surface area contributed by atoms with Gasteiger partial charge in [0.1, 0.15) is 0 Å². The van der Waals surface area contributed by atoms with Gasteiger partial charge in [0.2, 0.25) is 0 Å². The van der Waals surface area contributed by atoms with E-state index in [9.17, 15) is 0 Å². The predicted octanol–water partition coefficient (Wildman–Crippen LogP) is 5.98. The number of aryl methyl sites for hydroxylation is 9. The Balaban J connectivity index is 0.000000534. The van der Waals surface area contributed by atoms with Crippen molar-refractivity contribution in [1.82, 2.24) is 0 Å². The first-order chi connectivity index (χ1) is 18.3. The first kappa shape index (κ1) is 37.0. The first-order valence-corrected chi connectivity index (χ1v) is 13.6. The summed E-state index contributed by atoms with van der Waals surface area (Å²) < 4.78 is 0. The predicted molar refractivity (Wildman–Crippen MR) is 177 cm³/mol. The van der Waals surface area contributed by atoms with Crippen molar-refractivity contribution in [3.63, 3.8) is 0 Å². The molecule has 0 amide bonds. The van der Waals surface area contributed by atoms with Crippen molar-refractivity contribution in [3.05, 3.63) is 86.5 Å². The molecule has 0 bridgehead atoms. The van der Waals surface area contributed by atoms with E-state index in [0.717, 1.165) is 0 Å². The monoisotopic (exact) mass is 551 g/mol. The van der Waals surface area contributed by atoms with Crippen LogP contribution >= 0.6 is 0 Å². The van der Waals surface area contributed by atoms with Gasteiger partial charge in [-0.3, -0.25) is 0 Å². The summed E-state index contributed by atoms with van der Waals surface area (Å²) in [6, 6.07) is 13.3. The minimum atomic E-state index is -2.17. The zero-order valence-corrected chi connectivity index (χ0v) is 27.7. The average Bonchev–Trinajstić information content (AvgIpc) is 2.71. The Kier molecular flexibility index (Phi) is 15.7. The van der Waals surface area contributed by atoms with Gasteiger partial charge in [-0.05, 0) is 95.7 Å². The summed E-state index contributed by atoms with van der Waals surface area (Å²) in [5, 5.41) is 21.5. The lowest BCUT2D eigenvalue weighted by Gasteiger charge is -2.19. The molecule has 0 aromatic heterocycles.